The fourth-order valence-corrected chi connectivity index (χ4v) is 1.84. The summed E-state index contributed by atoms with van der Waals surface area (Å²) in [7, 11) is 0. The Morgan fingerprint density at radius 3 is 2.68 bits per heavy atom. The lowest BCUT2D eigenvalue weighted by Crippen LogP contribution is -2.12. The Kier molecular flexibility index (Phi) is 7.59. The molecule has 0 aliphatic carbocycles. The van der Waals surface area contributed by atoms with Crippen LogP contribution in [0, 0.1) is 5.92 Å². The smallest absolute Gasteiger partial charge is 0.306 e. The monoisotopic (exact) mass is 262 g/mol. The Morgan fingerprint density at radius 1 is 1.32 bits per heavy atom. The Bertz CT molecular complexity index is 384. The molecule has 0 spiro atoms. The highest BCUT2D eigenvalue weighted by atomic mass is 16.5. The number of carboxylic acids is 1. The van der Waals surface area contributed by atoms with Gasteiger partial charge in [-0.15, -0.1) is 0 Å². The standard InChI is InChI=1S/C16H22O3/c1-2-8-15(16(17)18)11-6-7-12-19-13-14-9-4-3-5-10-14/h3-7,9-10,15H,2,8,11-13H2,1H3,(H,17,18)/t15-/m1/s1. The van der Waals surface area contributed by atoms with Crippen molar-refractivity contribution in [1.82, 2.24) is 0 Å². The average molecular weight is 262 g/mol. The lowest BCUT2D eigenvalue weighted by atomic mass is 10.00. The maximum absolute atomic E-state index is 10.9. The quantitative estimate of drug-likeness (QED) is 0.546. The van der Waals surface area contributed by atoms with E-state index in [4.69, 9.17) is 9.84 Å². The van der Waals surface area contributed by atoms with Crippen molar-refractivity contribution in [3.05, 3.63) is 48.0 Å². The zero-order chi connectivity index (χ0) is 13.9. The van der Waals surface area contributed by atoms with Gasteiger partial charge in [-0.2, -0.15) is 0 Å². The summed E-state index contributed by atoms with van der Waals surface area (Å²) in [5.41, 5.74) is 1.14. The molecule has 0 bridgehead atoms. The van der Waals surface area contributed by atoms with Crippen molar-refractivity contribution in [3.63, 3.8) is 0 Å². The predicted octanol–water partition coefficient (Wildman–Crippen LogP) is 3.65. The van der Waals surface area contributed by atoms with Crippen LogP contribution in [0.2, 0.25) is 0 Å². The summed E-state index contributed by atoms with van der Waals surface area (Å²) in [4.78, 5) is 10.9. The first-order valence-corrected chi connectivity index (χ1v) is 6.73. The van der Waals surface area contributed by atoms with Gasteiger partial charge in [0.25, 0.3) is 0 Å². The lowest BCUT2D eigenvalue weighted by molar-refractivity contribution is -0.141. The molecule has 104 valence electrons. The zero-order valence-corrected chi connectivity index (χ0v) is 11.4. The fraction of sp³-hybridized carbons (Fsp3) is 0.438. The van der Waals surface area contributed by atoms with Crippen molar-refractivity contribution in [3.8, 4) is 0 Å². The number of allylic oxidation sites excluding steroid dienone is 1. The van der Waals surface area contributed by atoms with Crippen LogP contribution >= 0.6 is 0 Å². The third-order valence-corrected chi connectivity index (χ3v) is 2.90. The third-order valence-electron chi connectivity index (χ3n) is 2.90. The minimum absolute atomic E-state index is 0.268. The van der Waals surface area contributed by atoms with E-state index in [2.05, 4.69) is 0 Å². The van der Waals surface area contributed by atoms with Gasteiger partial charge in [-0.3, -0.25) is 4.79 Å². The molecule has 1 rings (SSSR count). The first-order chi connectivity index (χ1) is 9.24. The van der Waals surface area contributed by atoms with Crippen LogP contribution < -0.4 is 0 Å². The van der Waals surface area contributed by atoms with Crippen LogP contribution in [-0.4, -0.2) is 17.7 Å². The summed E-state index contributed by atoms with van der Waals surface area (Å²) in [6.07, 6.45) is 6.01. The minimum Gasteiger partial charge on any atom is -0.481 e. The molecule has 0 saturated carbocycles. The van der Waals surface area contributed by atoms with Crippen molar-refractivity contribution in [1.29, 1.82) is 0 Å². The Morgan fingerprint density at radius 2 is 2.05 bits per heavy atom. The molecule has 0 amide bonds. The molecule has 0 aliphatic heterocycles. The Hall–Kier alpha value is -1.61. The minimum atomic E-state index is -0.711. The molecule has 1 aromatic rings. The number of hydrogen-bond donors (Lipinski definition) is 1. The van der Waals surface area contributed by atoms with E-state index in [0.717, 1.165) is 18.4 Å². The van der Waals surface area contributed by atoms with Crippen molar-refractivity contribution >= 4 is 5.97 Å². The highest BCUT2D eigenvalue weighted by Crippen LogP contribution is 2.12. The second-order valence-electron chi connectivity index (χ2n) is 4.53. The third kappa shape index (κ3) is 6.77. The molecule has 19 heavy (non-hydrogen) atoms. The number of ether oxygens (including phenoxy) is 1. The number of carbonyl (C=O) groups is 1. The number of benzene rings is 1. The van der Waals surface area contributed by atoms with E-state index in [-0.39, 0.29) is 5.92 Å². The molecule has 0 aromatic heterocycles. The van der Waals surface area contributed by atoms with E-state index in [0.29, 0.717) is 19.6 Å². The first-order valence-electron chi connectivity index (χ1n) is 6.73. The topological polar surface area (TPSA) is 46.5 Å². The van der Waals surface area contributed by atoms with Crippen LogP contribution in [0.15, 0.2) is 42.5 Å². The Labute approximate surface area is 114 Å². The van der Waals surface area contributed by atoms with E-state index in [1.54, 1.807) is 0 Å². The second kappa shape index (κ2) is 9.34. The molecule has 0 fully saturated rings. The zero-order valence-electron chi connectivity index (χ0n) is 11.4. The SMILES string of the molecule is CCC[C@H](CC=CCOCc1ccccc1)C(=O)O. The Balaban J connectivity index is 2.18. The maximum Gasteiger partial charge on any atom is 0.306 e. The summed E-state index contributed by atoms with van der Waals surface area (Å²) >= 11 is 0. The van der Waals surface area contributed by atoms with Crippen molar-refractivity contribution < 1.29 is 14.6 Å². The number of aliphatic carboxylic acids is 1. The summed E-state index contributed by atoms with van der Waals surface area (Å²) in [6.45, 7) is 3.11. The average Bonchev–Trinajstić information content (AvgIpc) is 2.42. The number of hydrogen-bond acceptors (Lipinski definition) is 2. The summed E-state index contributed by atoms with van der Waals surface area (Å²) in [5.74, 6) is -0.980. The highest BCUT2D eigenvalue weighted by molar-refractivity contribution is 5.70. The summed E-state index contributed by atoms with van der Waals surface area (Å²) in [6, 6.07) is 9.98. The van der Waals surface area contributed by atoms with Crippen molar-refractivity contribution in [2.75, 3.05) is 6.61 Å². The van der Waals surface area contributed by atoms with Crippen LogP contribution in [-0.2, 0) is 16.1 Å². The van der Waals surface area contributed by atoms with Gasteiger partial charge in [0.15, 0.2) is 0 Å². The van der Waals surface area contributed by atoms with Gasteiger partial charge < -0.3 is 9.84 Å². The molecule has 3 heteroatoms. The fourth-order valence-electron chi connectivity index (χ4n) is 1.84. The molecule has 0 radical (unpaired) electrons. The van der Waals surface area contributed by atoms with Crippen LogP contribution in [0.1, 0.15) is 31.7 Å². The maximum atomic E-state index is 10.9. The van der Waals surface area contributed by atoms with Crippen LogP contribution in [0.5, 0.6) is 0 Å². The molecule has 3 nitrogen and oxygen atoms in total. The van der Waals surface area contributed by atoms with Gasteiger partial charge in [-0.05, 0) is 18.4 Å². The normalized spacial score (nSPS) is 12.7. The van der Waals surface area contributed by atoms with Gasteiger partial charge in [-0.25, -0.2) is 0 Å². The van der Waals surface area contributed by atoms with Gasteiger partial charge in [0.1, 0.15) is 0 Å². The molecular formula is C16H22O3. The van der Waals surface area contributed by atoms with Crippen LogP contribution in [0.4, 0.5) is 0 Å². The van der Waals surface area contributed by atoms with Gasteiger partial charge in [-0.1, -0.05) is 55.8 Å². The van der Waals surface area contributed by atoms with Gasteiger partial charge in [0, 0.05) is 0 Å². The molecule has 1 aromatic carbocycles. The van der Waals surface area contributed by atoms with E-state index < -0.39 is 5.97 Å². The van der Waals surface area contributed by atoms with E-state index in [1.165, 1.54) is 0 Å². The lowest BCUT2D eigenvalue weighted by Gasteiger charge is -2.07. The summed E-state index contributed by atoms with van der Waals surface area (Å²) in [5, 5.41) is 8.99. The largest absolute Gasteiger partial charge is 0.481 e. The van der Waals surface area contributed by atoms with Crippen molar-refractivity contribution in [2.24, 2.45) is 5.92 Å². The molecule has 0 heterocycles. The molecule has 1 N–H and O–H groups in total. The van der Waals surface area contributed by atoms with Crippen LogP contribution in [0.3, 0.4) is 0 Å². The second-order valence-corrected chi connectivity index (χ2v) is 4.53. The van der Waals surface area contributed by atoms with E-state index in [9.17, 15) is 4.79 Å². The number of carboxylic acid groups (broad SMARTS) is 1. The molecule has 0 aliphatic rings. The first kappa shape index (κ1) is 15.4. The highest BCUT2D eigenvalue weighted by Gasteiger charge is 2.13. The number of rotatable bonds is 9. The van der Waals surface area contributed by atoms with Crippen molar-refractivity contribution in [2.45, 2.75) is 32.8 Å². The van der Waals surface area contributed by atoms with Gasteiger partial charge in [0.05, 0.1) is 19.1 Å². The summed E-state index contributed by atoms with van der Waals surface area (Å²) < 4.78 is 5.49. The van der Waals surface area contributed by atoms with Gasteiger partial charge >= 0.3 is 5.97 Å². The molecule has 1 atom stereocenters. The molecular weight excluding hydrogens is 240 g/mol. The van der Waals surface area contributed by atoms with E-state index >= 15 is 0 Å². The van der Waals surface area contributed by atoms with Crippen LogP contribution in [0.25, 0.3) is 0 Å². The molecule has 0 saturated heterocycles. The molecule has 0 unspecified atom stereocenters. The van der Waals surface area contributed by atoms with E-state index in [1.807, 2.05) is 49.4 Å². The van der Waals surface area contributed by atoms with Gasteiger partial charge in [0.2, 0.25) is 0 Å². The predicted molar refractivity (Wildman–Crippen MR) is 75.9 cm³/mol.